The van der Waals surface area contributed by atoms with Crippen LogP contribution in [0.15, 0.2) is 91.1 Å². The van der Waals surface area contributed by atoms with Crippen molar-refractivity contribution in [1.82, 2.24) is 15.1 Å². The van der Waals surface area contributed by atoms with Gasteiger partial charge in [-0.1, -0.05) is 54.6 Å². The van der Waals surface area contributed by atoms with E-state index in [0.29, 0.717) is 12.3 Å². The highest BCUT2D eigenvalue weighted by atomic mass is 16.7. The third-order valence-electron chi connectivity index (χ3n) is 5.13. The number of para-hydroxylation sites is 1. The van der Waals surface area contributed by atoms with E-state index < -0.39 is 0 Å². The maximum Gasteiger partial charge on any atom is 0.244 e. The average Bonchev–Trinajstić information content (AvgIpc) is 3.49. The summed E-state index contributed by atoms with van der Waals surface area (Å²) < 4.78 is 12.5. The molecule has 1 aromatic heterocycles. The van der Waals surface area contributed by atoms with E-state index in [0.717, 1.165) is 33.8 Å². The quantitative estimate of drug-likeness (QED) is 0.461. The maximum atomic E-state index is 12.5. The number of hydrogen-bond donors (Lipinski definition) is 1. The van der Waals surface area contributed by atoms with Gasteiger partial charge in [-0.15, -0.1) is 0 Å². The zero-order chi connectivity index (χ0) is 21.8. The number of rotatable bonds is 6. The molecular formula is C26H21N3O3. The van der Waals surface area contributed by atoms with Crippen LogP contribution in [0.4, 0.5) is 0 Å². The van der Waals surface area contributed by atoms with Gasteiger partial charge in [0.2, 0.25) is 12.7 Å². The second-order valence-electron chi connectivity index (χ2n) is 7.31. The Balaban J connectivity index is 1.33. The number of carbonyl (C=O) groups is 1. The molecular weight excluding hydrogens is 402 g/mol. The molecule has 0 saturated heterocycles. The van der Waals surface area contributed by atoms with Crippen molar-refractivity contribution in [2.24, 2.45) is 0 Å². The maximum absolute atomic E-state index is 12.5. The number of ether oxygens (including phenoxy) is 2. The molecule has 0 aliphatic carbocycles. The lowest BCUT2D eigenvalue weighted by atomic mass is 10.1. The summed E-state index contributed by atoms with van der Waals surface area (Å²) in [6, 6.07) is 25.5. The standard InChI is InChI=1S/C26H21N3O3/c30-25(14-12-19-11-13-23-24(15-19)32-18-31-23)27-16-21-17-29(22-9-5-2-6-10-22)28-26(21)20-7-3-1-4-8-20/h1-15,17H,16,18H2,(H,27,30)/b14-12+. The van der Waals surface area contributed by atoms with Gasteiger partial charge in [-0.25, -0.2) is 4.68 Å². The minimum absolute atomic E-state index is 0.186. The molecule has 0 atom stereocenters. The summed E-state index contributed by atoms with van der Waals surface area (Å²) in [5.41, 5.74) is 4.61. The molecule has 4 aromatic rings. The summed E-state index contributed by atoms with van der Waals surface area (Å²) in [6.45, 7) is 0.588. The van der Waals surface area contributed by atoms with Gasteiger partial charge in [-0.3, -0.25) is 4.79 Å². The van der Waals surface area contributed by atoms with Gasteiger partial charge in [0.15, 0.2) is 11.5 Å². The lowest BCUT2D eigenvalue weighted by Gasteiger charge is -2.03. The first-order valence-electron chi connectivity index (χ1n) is 10.3. The summed E-state index contributed by atoms with van der Waals surface area (Å²) in [5, 5.41) is 7.74. The molecule has 6 nitrogen and oxygen atoms in total. The number of nitrogens with zero attached hydrogens (tertiary/aromatic N) is 2. The number of fused-ring (bicyclic) bond motifs is 1. The van der Waals surface area contributed by atoms with Gasteiger partial charge in [0.05, 0.1) is 11.4 Å². The average molecular weight is 423 g/mol. The fourth-order valence-corrected chi connectivity index (χ4v) is 3.52. The lowest BCUT2D eigenvalue weighted by molar-refractivity contribution is -0.116. The topological polar surface area (TPSA) is 65.4 Å². The minimum Gasteiger partial charge on any atom is -0.454 e. The molecule has 32 heavy (non-hydrogen) atoms. The smallest absolute Gasteiger partial charge is 0.244 e. The van der Waals surface area contributed by atoms with Crippen molar-refractivity contribution < 1.29 is 14.3 Å². The Morgan fingerprint density at radius 3 is 2.53 bits per heavy atom. The number of amides is 1. The van der Waals surface area contributed by atoms with Crippen LogP contribution < -0.4 is 14.8 Å². The number of nitrogens with one attached hydrogen (secondary N) is 1. The number of benzene rings is 3. The number of carbonyl (C=O) groups excluding carboxylic acids is 1. The molecule has 6 heteroatoms. The SMILES string of the molecule is O=C(/C=C/c1ccc2c(c1)OCO2)NCc1cn(-c2ccccc2)nc1-c1ccccc1. The predicted molar refractivity (Wildman–Crippen MR) is 122 cm³/mol. The monoisotopic (exact) mass is 423 g/mol. The summed E-state index contributed by atoms with van der Waals surface area (Å²) in [7, 11) is 0. The molecule has 0 bridgehead atoms. The van der Waals surface area contributed by atoms with Crippen LogP contribution >= 0.6 is 0 Å². The summed E-state index contributed by atoms with van der Waals surface area (Å²) in [4.78, 5) is 12.5. The van der Waals surface area contributed by atoms with Gasteiger partial charge in [-0.2, -0.15) is 5.10 Å². The van der Waals surface area contributed by atoms with Gasteiger partial charge in [0, 0.05) is 29.9 Å². The molecule has 0 spiro atoms. The van der Waals surface area contributed by atoms with Crippen molar-refractivity contribution in [2.45, 2.75) is 6.54 Å². The fraction of sp³-hybridized carbons (Fsp3) is 0.0769. The summed E-state index contributed by atoms with van der Waals surface area (Å²) in [5.74, 6) is 1.22. The van der Waals surface area contributed by atoms with Crippen molar-refractivity contribution in [3.63, 3.8) is 0 Å². The van der Waals surface area contributed by atoms with Crippen LogP contribution in [-0.4, -0.2) is 22.5 Å². The molecule has 5 rings (SSSR count). The largest absolute Gasteiger partial charge is 0.454 e. The van der Waals surface area contributed by atoms with Crippen LogP contribution in [-0.2, 0) is 11.3 Å². The highest BCUT2D eigenvalue weighted by molar-refractivity contribution is 5.91. The zero-order valence-electron chi connectivity index (χ0n) is 17.3. The molecule has 2 heterocycles. The highest BCUT2D eigenvalue weighted by Gasteiger charge is 2.14. The fourth-order valence-electron chi connectivity index (χ4n) is 3.52. The van der Waals surface area contributed by atoms with Crippen LogP contribution in [0, 0.1) is 0 Å². The van der Waals surface area contributed by atoms with Crippen LogP contribution in [0.5, 0.6) is 11.5 Å². The summed E-state index contributed by atoms with van der Waals surface area (Å²) in [6.07, 6.45) is 5.23. The third-order valence-corrected chi connectivity index (χ3v) is 5.13. The molecule has 1 aliphatic rings. The van der Waals surface area contributed by atoms with Crippen molar-refractivity contribution in [3.8, 4) is 28.4 Å². The first-order valence-corrected chi connectivity index (χ1v) is 10.3. The minimum atomic E-state index is -0.186. The van der Waals surface area contributed by atoms with Gasteiger partial charge < -0.3 is 14.8 Å². The normalized spacial score (nSPS) is 12.2. The first kappa shape index (κ1) is 19.6. The van der Waals surface area contributed by atoms with E-state index in [9.17, 15) is 4.79 Å². The van der Waals surface area contributed by atoms with Crippen LogP contribution in [0.25, 0.3) is 23.0 Å². The molecule has 0 fully saturated rings. The molecule has 3 aromatic carbocycles. The van der Waals surface area contributed by atoms with E-state index >= 15 is 0 Å². The molecule has 0 saturated carbocycles. The molecule has 1 amide bonds. The highest BCUT2D eigenvalue weighted by Crippen LogP contribution is 2.32. The molecule has 1 N–H and O–H groups in total. The van der Waals surface area contributed by atoms with Crippen molar-refractivity contribution in [2.75, 3.05) is 6.79 Å². The van der Waals surface area contributed by atoms with E-state index in [1.165, 1.54) is 6.08 Å². The van der Waals surface area contributed by atoms with E-state index in [4.69, 9.17) is 14.6 Å². The van der Waals surface area contributed by atoms with E-state index in [1.807, 2.05) is 89.7 Å². The second-order valence-corrected chi connectivity index (χ2v) is 7.31. The molecule has 158 valence electrons. The Labute approximate surface area is 185 Å². The van der Waals surface area contributed by atoms with E-state index in [1.54, 1.807) is 6.08 Å². The Kier molecular flexibility index (Phi) is 5.41. The van der Waals surface area contributed by atoms with Crippen LogP contribution in [0.3, 0.4) is 0 Å². The Morgan fingerprint density at radius 1 is 0.969 bits per heavy atom. The molecule has 0 unspecified atom stereocenters. The Hall–Kier alpha value is -4.32. The van der Waals surface area contributed by atoms with Gasteiger partial charge in [0.25, 0.3) is 0 Å². The first-order chi connectivity index (χ1) is 15.8. The van der Waals surface area contributed by atoms with Crippen molar-refractivity contribution in [3.05, 3.63) is 102 Å². The number of hydrogen-bond acceptors (Lipinski definition) is 4. The third kappa shape index (κ3) is 4.25. The van der Waals surface area contributed by atoms with E-state index in [-0.39, 0.29) is 12.7 Å². The molecule has 0 radical (unpaired) electrons. The Morgan fingerprint density at radius 2 is 1.72 bits per heavy atom. The Bertz CT molecular complexity index is 1260. The second kappa shape index (κ2) is 8.81. The molecule has 1 aliphatic heterocycles. The van der Waals surface area contributed by atoms with Gasteiger partial charge >= 0.3 is 0 Å². The van der Waals surface area contributed by atoms with Crippen LogP contribution in [0.2, 0.25) is 0 Å². The number of aromatic nitrogens is 2. The predicted octanol–water partition coefficient (Wildman–Crippen LogP) is 4.60. The van der Waals surface area contributed by atoms with Crippen molar-refractivity contribution >= 4 is 12.0 Å². The van der Waals surface area contributed by atoms with Crippen LogP contribution in [0.1, 0.15) is 11.1 Å². The van der Waals surface area contributed by atoms with E-state index in [2.05, 4.69) is 5.32 Å². The van der Waals surface area contributed by atoms with Crippen molar-refractivity contribution in [1.29, 1.82) is 0 Å². The van der Waals surface area contributed by atoms with Gasteiger partial charge in [-0.05, 0) is 35.9 Å². The summed E-state index contributed by atoms with van der Waals surface area (Å²) >= 11 is 0. The zero-order valence-corrected chi connectivity index (χ0v) is 17.3. The van der Waals surface area contributed by atoms with Gasteiger partial charge in [0.1, 0.15) is 0 Å². The lowest BCUT2D eigenvalue weighted by Crippen LogP contribution is -2.20.